The smallest absolute Gasteiger partial charge is 0.237 e. The van der Waals surface area contributed by atoms with Gasteiger partial charge in [0.2, 0.25) is 11.8 Å². The summed E-state index contributed by atoms with van der Waals surface area (Å²) in [5, 5.41) is 5.12. The molecule has 0 heterocycles. The Hall–Kier alpha value is -6.05. The summed E-state index contributed by atoms with van der Waals surface area (Å²) < 4.78 is 10.1. The van der Waals surface area contributed by atoms with E-state index in [1.54, 1.807) is 21.1 Å². The Morgan fingerprint density at radius 1 is 0.655 bits per heavy atom. The topological polar surface area (TPSA) is 186 Å². The van der Waals surface area contributed by atoms with Crippen molar-refractivity contribution in [1.82, 2.24) is 10.6 Å². The molecule has 3 atom stereocenters. The highest BCUT2D eigenvalue weighted by Gasteiger charge is 2.14. The van der Waals surface area contributed by atoms with E-state index < -0.39 is 18.1 Å². The van der Waals surface area contributed by atoms with E-state index in [-0.39, 0.29) is 18.4 Å². The third-order valence-corrected chi connectivity index (χ3v) is 7.38. The molecule has 4 aromatic carbocycles. The fourth-order valence-electron chi connectivity index (χ4n) is 4.34. The molecule has 0 fully saturated rings. The summed E-state index contributed by atoms with van der Waals surface area (Å²) in [5.74, 6) is 1.17. The number of hydrogen-bond acceptors (Lipinski definition) is 11. The lowest BCUT2D eigenvalue weighted by atomic mass is 10.1. The summed E-state index contributed by atoms with van der Waals surface area (Å²) in [7, 11) is 11.4. The lowest BCUT2D eigenvalue weighted by molar-refractivity contribution is -0.124. The summed E-state index contributed by atoms with van der Waals surface area (Å²) >= 11 is 0. The number of nitrogens with one attached hydrogen (secondary N) is 2. The summed E-state index contributed by atoms with van der Waals surface area (Å²) in [5.41, 5.74) is 14.9. The summed E-state index contributed by atoms with van der Waals surface area (Å²) in [6.45, 7) is 3.48. The minimum Gasteiger partial charge on any atom is -0.497 e. The van der Waals surface area contributed by atoms with E-state index in [0.29, 0.717) is 12.8 Å². The average molecular weight is 759 g/mol. The van der Waals surface area contributed by atoms with Gasteiger partial charge < -0.3 is 55.8 Å². The normalized spacial score (nSPS) is 11.1. The first kappa shape index (κ1) is 49.0. The van der Waals surface area contributed by atoms with E-state index in [9.17, 15) is 19.2 Å². The monoisotopic (exact) mass is 758 g/mol. The number of rotatable bonds is 14. The fraction of sp³-hybridized carbons (Fsp3) is 0.310. The number of nitrogens with two attached hydrogens (primary N) is 2. The molecule has 6 N–H and O–H groups in total. The third-order valence-electron chi connectivity index (χ3n) is 7.38. The van der Waals surface area contributed by atoms with Gasteiger partial charge in [0, 0.05) is 39.6 Å². The van der Waals surface area contributed by atoms with Crippen molar-refractivity contribution in [1.29, 1.82) is 0 Å². The van der Waals surface area contributed by atoms with E-state index in [0.717, 1.165) is 35.2 Å². The Balaban J connectivity index is 0.000000704. The van der Waals surface area contributed by atoms with E-state index in [2.05, 4.69) is 20.4 Å². The number of carbonyl (C=O) groups excluding carboxylic acids is 5. The van der Waals surface area contributed by atoms with Crippen molar-refractivity contribution in [2.24, 2.45) is 11.5 Å². The second-order valence-corrected chi connectivity index (χ2v) is 12.1. The van der Waals surface area contributed by atoms with E-state index in [1.165, 1.54) is 11.4 Å². The molecule has 0 aliphatic rings. The van der Waals surface area contributed by atoms with E-state index in [4.69, 9.17) is 25.7 Å². The molecule has 13 nitrogen and oxygen atoms in total. The molecule has 55 heavy (non-hydrogen) atoms. The van der Waals surface area contributed by atoms with Crippen LogP contribution in [-0.2, 0) is 36.8 Å². The summed E-state index contributed by atoms with van der Waals surface area (Å²) in [6.07, 6.45) is 2.44. The number of ether oxygens (including phenoxy) is 2. The maximum absolute atomic E-state index is 11.3. The molecule has 0 saturated heterocycles. The zero-order valence-electron chi connectivity index (χ0n) is 33.0. The largest absolute Gasteiger partial charge is 0.497 e. The predicted molar refractivity (Wildman–Crippen MR) is 221 cm³/mol. The van der Waals surface area contributed by atoms with Crippen molar-refractivity contribution in [2.75, 3.05) is 58.8 Å². The van der Waals surface area contributed by atoms with E-state index >= 15 is 0 Å². The molecule has 0 radical (unpaired) electrons. The van der Waals surface area contributed by atoms with Gasteiger partial charge in [0.05, 0.1) is 38.9 Å². The van der Waals surface area contributed by atoms with Crippen LogP contribution in [0.15, 0.2) is 109 Å². The molecule has 0 aromatic heterocycles. The van der Waals surface area contributed by atoms with Crippen molar-refractivity contribution < 1.29 is 33.4 Å². The van der Waals surface area contributed by atoms with Crippen molar-refractivity contribution in [3.8, 4) is 11.5 Å². The zero-order valence-corrected chi connectivity index (χ0v) is 33.0. The van der Waals surface area contributed by atoms with Crippen LogP contribution >= 0.6 is 0 Å². The molecule has 4 rings (SSSR count). The van der Waals surface area contributed by atoms with Gasteiger partial charge in [-0.1, -0.05) is 60.7 Å². The number of anilines is 2. The molecule has 298 valence electrons. The standard InChI is InChI=1S/C12H16N2O2.C11H14N2O2.2C9H13NO.CH2O/c1-9(13)12(16)14-11(8-15)7-10-5-3-2-4-6-10;12-7-11(15)13-10(8-14)6-9-4-2-1-3-5-9;2*1-10(2)8-4-6-9(11-3)7-5-8;1-2/h2-6,8-9,11H,7,13H2,1H3,(H,14,16);1-5,8,10H,6-7,12H2,(H,13,15);2*4-7H,1-3H3;1H2/t9?,11-;;;;/m0..../s1. The zero-order chi connectivity index (χ0) is 41.6. The highest BCUT2D eigenvalue weighted by atomic mass is 16.5. The maximum Gasteiger partial charge on any atom is 0.237 e. The van der Waals surface area contributed by atoms with Gasteiger partial charge in [-0.2, -0.15) is 0 Å². The second-order valence-electron chi connectivity index (χ2n) is 12.1. The minimum absolute atomic E-state index is 0.0981. The van der Waals surface area contributed by atoms with Crippen LogP contribution in [0.1, 0.15) is 18.1 Å². The Morgan fingerprint density at radius 2 is 1.00 bits per heavy atom. The second kappa shape index (κ2) is 29.4. The fourth-order valence-corrected chi connectivity index (χ4v) is 4.34. The molecule has 4 aromatic rings. The first-order valence-electron chi connectivity index (χ1n) is 17.3. The quantitative estimate of drug-likeness (QED) is 0.138. The minimum atomic E-state index is -0.599. The van der Waals surface area contributed by atoms with Gasteiger partial charge in [-0.15, -0.1) is 0 Å². The molecule has 2 amide bonds. The van der Waals surface area contributed by atoms with Crippen LogP contribution in [0.25, 0.3) is 0 Å². The van der Waals surface area contributed by atoms with Gasteiger partial charge in [-0.25, -0.2) is 0 Å². The Labute approximate surface area is 326 Å². The lowest BCUT2D eigenvalue weighted by Gasteiger charge is -2.14. The molecule has 2 unspecified atom stereocenters. The Bertz CT molecular complexity index is 1550. The molecule has 0 aliphatic carbocycles. The summed E-state index contributed by atoms with van der Waals surface area (Å²) in [4.78, 5) is 55.9. The van der Waals surface area contributed by atoms with Crippen molar-refractivity contribution in [2.45, 2.75) is 37.9 Å². The van der Waals surface area contributed by atoms with Crippen LogP contribution in [0.3, 0.4) is 0 Å². The Morgan fingerprint density at radius 3 is 1.27 bits per heavy atom. The molecule has 0 spiro atoms. The average Bonchev–Trinajstić information content (AvgIpc) is 3.22. The van der Waals surface area contributed by atoms with Crippen LogP contribution in [0.2, 0.25) is 0 Å². The van der Waals surface area contributed by atoms with Crippen LogP contribution in [0, 0.1) is 0 Å². The number of hydrogen-bond donors (Lipinski definition) is 4. The Kier molecular flexibility index (Phi) is 26.2. The van der Waals surface area contributed by atoms with Gasteiger partial charge in [0.25, 0.3) is 0 Å². The SMILES string of the molecule is C=O.CC(N)C(=O)N[C@H](C=O)Cc1ccccc1.COc1ccc(N(C)C)cc1.COc1ccc(N(C)C)cc1.NCC(=O)NC(C=O)Cc1ccccc1. The summed E-state index contributed by atoms with van der Waals surface area (Å²) in [6, 6.07) is 33.3. The van der Waals surface area contributed by atoms with Gasteiger partial charge in [0.15, 0.2) is 0 Å². The number of nitrogens with zero attached hydrogens (tertiary/aromatic N) is 2. The number of aldehydes is 2. The van der Waals surface area contributed by atoms with Gasteiger partial charge in [0.1, 0.15) is 30.9 Å². The highest BCUT2D eigenvalue weighted by Crippen LogP contribution is 2.17. The van der Waals surface area contributed by atoms with Gasteiger partial charge in [-0.3, -0.25) is 9.59 Å². The van der Waals surface area contributed by atoms with Gasteiger partial charge >= 0.3 is 0 Å². The highest BCUT2D eigenvalue weighted by molar-refractivity contribution is 5.84. The number of carbonyl (C=O) groups is 5. The molecular weight excluding hydrogens is 700 g/mol. The molecule has 0 saturated carbocycles. The molecular formula is C42H58N6O7. The predicted octanol–water partition coefficient (Wildman–Crippen LogP) is 3.47. The lowest BCUT2D eigenvalue weighted by Crippen LogP contribution is -2.45. The van der Waals surface area contributed by atoms with Gasteiger partial charge in [-0.05, 0) is 79.4 Å². The molecule has 0 aliphatic heterocycles. The van der Waals surface area contributed by atoms with E-state index in [1.807, 2.05) is 144 Å². The van der Waals surface area contributed by atoms with Crippen LogP contribution in [-0.4, -0.2) is 98.3 Å². The number of amides is 2. The number of methoxy groups -OCH3 is 2. The van der Waals surface area contributed by atoms with Crippen LogP contribution < -0.4 is 41.4 Å². The third kappa shape index (κ3) is 21.9. The van der Waals surface area contributed by atoms with Crippen molar-refractivity contribution >= 4 is 42.6 Å². The first-order chi connectivity index (χ1) is 26.4. The number of benzene rings is 4. The first-order valence-corrected chi connectivity index (χ1v) is 17.3. The molecule has 0 bridgehead atoms. The van der Waals surface area contributed by atoms with Crippen LogP contribution in [0.4, 0.5) is 11.4 Å². The van der Waals surface area contributed by atoms with Crippen molar-refractivity contribution in [3.63, 3.8) is 0 Å². The molecule has 13 heteroatoms. The maximum atomic E-state index is 11.3. The van der Waals surface area contributed by atoms with Crippen LogP contribution in [0.5, 0.6) is 11.5 Å². The van der Waals surface area contributed by atoms with Crippen molar-refractivity contribution in [3.05, 3.63) is 120 Å².